The summed E-state index contributed by atoms with van der Waals surface area (Å²) >= 11 is 0. The molecule has 2 aromatic carbocycles. The number of esters is 1. The van der Waals surface area contributed by atoms with Gasteiger partial charge in [0.05, 0.1) is 19.3 Å². The van der Waals surface area contributed by atoms with E-state index in [1.807, 2.05) is 6.92 Å². The monoisotopic (exact) mass is 391 g/mol. The van der Waals surface area contributed by atoms with Gasteiger partial charge in [-0.3, -0.25) is 9.78 Å². The topological polar surface area (TPSA) is 89.6 Å². The van der Waals surface area contributed by atoms with Gasteiger partial charge in [0.1, 0.15) is 11.4 Å². The summed E-state index contributed by atoms with van der Waals surface area (Å²) in [6, 6.07) is 17.4. The maximum atomic E-state index is 12.5. The number of aromatic nitrogens is 1. The minimum Gasteiger partial charge on any atom is -0.494 e. The third-order valence-electron chi connectivity index (χ3n) is 4.01. The van der Waals surface area contributed by atoms with Crippen LogP contribution in [0, 0.1) is 0 Å². The van der Waals surface area contributed by atoms with Crippen molar-refractivity contribution in [3.8, 4) is 5.75 Å². The quantitative estimate of drug-likeness (QED) is 0.585. The zero-order chi connectivity index (χ0) is 20.6. The highest BCUT2D eigenvalue weighted by Gasteiger charge is 2.10. The van der Waals surface area contributed by atoms with Crippen LogP contribution in [0.1, 0.15) is 27.8 Å². The van der Waals surface area contributed by atoms with Gasteiger partial charge in [-0.25, -0.2) is 4.79 Å². The second-order valence-corrected chi connectivity index (χ2v) is 6.04. The summed E-state index contributed by atoms with van der Waals surface area (Å²) in [4.78, 5) is 28.1. The van der Waals surface area contributed by atoms with E-state index in [0.717, 1.165) is 11.4 Å². The highest BCUT2D eigenvalue weighted by atomic mass is 16.5. The summed E-state index contributed by atoms with van der Waals surface area (Å²) in [5, 5.41) is 5.99. The van der Waals surface area contributed by atoms with E-state index in [4.69, 9.17) is 4.74 Å². The molecule has 0 aliphatic rings. The van der Waals surface area contributed by atoms with Crippen molar-refractivity contribution in [2.24, 2.45) is 0 Å². The molecule has 0 aliphatic heterocycles. The molecule has 3 rings (SSSR count). The Morgan fingerprint density at radius 3 is 2.28 bits per heavy atom. The molecular weight excluding hydrogens is 370 g/mol. The Kier molecular flexibility index (Phi) is 6.42. The lowest BCUT2D eigenvalue weighted by Crippen LogP contribution is -2.13. The fraction of sp³-hybridized carbons (Fsp3) is 0.136. The van der Waals surface area contributed by atoms with Crippen LogP contribution in [0.25, 0.3) is 0 Å². The molecule has 0 saturated carbocycles. The van der Waals surface area contributed by atoms with E-state index < -0.39 is 5.97 Å². The van der Waals surface area contributed by atoms with Crippen LogP contribution in [0.2, 0.25) is 0 Å². The molecule has 0 saturated heterocycles. The van der Waals surface area contributed by atoms with E-state index in [0.29, 0.717) is 23.5 Å². The lowest BCUT2D eigenvalue weighted by molar-refractivity contribution is 0.0600. The minimum atomic E-state index is -0.395. The Bertz CT molecular complexity index is 986. The van der Waals surface area contributed by atoms with E-state index >= 15 is 0 Å². The predicted molar refractivity (Wildman–Crippen MR) is 111 cm³/mol. The minimum absolute atomic E-state index is 0.273. The van der Waals surface area contributed by atoms with Crippen molar-refractivity contribution >= 4 is 28.9 Å². The first-order valence-corrected chi connectivity index (χ1v) is 9.04. The summed E-state index contributed by atoms with van der Waals surface area (Å²) in [6.45, 7) is 2.50. The fourth-order valence-electron chi connectivity index (χ4n) is 2.60. The van der Waals surface area contributed by atoms with Gasteiger partial charge >= 0.3 is 5.97 Å². The van der Waals surface area contributed by atoms with Gasteiger partial charge in [-0.05, 0) is 67.6 Å². The number of methoxy groups -OCH3 is 1. The number of hydrogen-bond donors (Lipinski definition) is 2. The van der Waals surface area contributed by atoms with Crippen molar-refractivity contribution in [1.29, 1.82) is 0 Å². The molecule has 1 aromatic heterocycles. The van der Waals surface area contributed by atoms with Gasteiger partial charge in [0, 0.05) is 23.3 Å². The third kappa shape index (κ3) is 5.32. The summed E-state index contributed by atoms with van der Waals surface area (Å²) < 4.78 is 10.1. The fourth-order valence-corrected chi connectivity index (χ4v) is 2.60. The largest absolute Gasteiger partial charge is 0.494 e. The Hall–Kier alpha value is -3.87. The standard InChI is InChI=1S/C22H21N3O4/c1-3-29-19-10-8-17(9-11-19)25-21(26)20-14-18(12-13-23-20)24-16-6-4-15(5-7-16)22(27)28-2/h4-14H,3H2,1-2H3,(H,23,24)(H,25,26). The molecule has 0 unspecified atom stereocenters. The first-order valence-electron chi connectivity index (χ1n) is 9.04. The van der Waals surface area contributed by atoms with Gasteiger partial charge in [0.15, 0.2) is 0 Å². The van der Waals surface area contributed by atoms with Crippen LogP contribution in [0.15, 0.2) is 66.9 Å². The van der Waals surface area contributed by atoms with E-state index in [2.05, 4.69) is 20.4 Å². The predicted octanol–water partition coefficient (Wildman–Crippen LogP) is 4.26. The number of hydrogen-bond acceptors (Lipinski definition) is 6. The molecule has 0 spiro atoms. The second-order valence-electron chi connectivity index (χ2n) is 6.04. The Balaban J connectivity index is 1.66. The molecule has 7 nitrogen and oxygen atoms in total. The first kappa shape index (κ1) is 19.9. The molecule has 29 heavy (non-hydrogen) atoms. The van der Waals surface area contributed by atoms with E-state index in [1.165, 1.54) is 7.11 Å². The smallest absolute Gasteiger partial charge is 0.337 e. The number of ether oxygens (including phenoxy) is 2. The maximum Gasteiger partial charge on any atom is 0.337 e. The number of benzene rings is 2. The van der Waals surface area contributed by atoms with E-state index in [9.17, 15) is 9.59 Å². The lowest BCUT2D eigenvalue weighted by atomic mass is 10.2. The Morgan fingerprint density at radius 1 is 0.931 bits per heavy atom. The molecule has 0 atom stereocenters. The van der Waals surface area contributed by atoms with Crippen molar-refractivity contribution in [2.45, 2.75) is 6.92 Å². The van der Waals surface area contributed by atoms with Crippen LogP contribution in [-0.4, -0.2) is 30.6 Å². The molecule has 0 fully saturated rings. The average Bonchev–Trinajstić information content (AvgIpc) is 2.75. The van der Waals surface area contributed by atoms with Gasteiger partial charge in [-0.2, -0.15) is 0 Å². The molecule has 0 radical (unpaired) electrons. The van der Waals surface area contributed by atoms with Crippen LogP contribution in [-0.2, 0) is 4.74 Å². The second kappa shape index (κ2) is 9.36. The molecule has 7 heteroatoms. The van der Waals surface area contributed by atoms with Crippen molar-refractivity contribution in [3.63, 3.8) is 0 Å². The summed E-state index contributed by atoms with van der Waals surface area (Å²) in [7, 11) is 1.34. The average molecular weight is 391 g/mol. The number of nitrogens with zero attached hydrogens (tertiary/aromatic N) is 1. The molecular formula is C22H21N3O4. The maximum absolute atomic E-state index is 12.5. The lowest BCUT2D eigenvalue weighted by Gasteiger charge is -2.10. The SMILES string of the molecule is CCOc1ccc(NC(=O)c2cc(Nc3ccc(C(=O)OC)cc3)ccn2)cc1. The van der Waals surface area contributed by atoms with Gasteiger partial charge in [0.2, 0.25) is 0 Å². The van der Waals surface area contributed by atoms with Crippen LogP contribution in [0.5, 0.6) is 5.75 Å². The normalized spacial score (nSPS) is 10.1. The zero-order valence-electron chi connectivity index (χ0n) is 16.1. The first-order chi connectivity index (χ1) is 14.1. The Morgan fingerprint density at radius 2 is 1.62 bits per heavy atom. The van der Waals surface area contributed by atoms with E-state index in [-0.39, 0.29) is 11.6 Å². The number of carbonyl (C=O) groups is 2. The number of anilines is 3. The van der Waals surface area contributed by atoms with Gasteiger partial charge < -0.3 is 20.1 Å². The summed E-state index contributed by atoms with van der Waals surface area (Å²) in [5.74, 6) is 0.0283. The van der Waals surface area contributed by atoms with Crippen LogP contribution in [0.3, 0.4) is 0 Å². The van der Waals surface area contributed by atoms with Crippen LogP contribution < -0.4 is 15.4 Å². The molecule has 3 aromatic rings. The van der Waals surface area contributed by atoms with Crippen molar-refractivity contribution in [3.05, 3.63) is 78.1 Å². The zero-order valence-corrected chi connectivity index (χ0v) is 16.1. The van der Waals surface area contributed by atoms with Crippen LogP contribution >= 0.6 is 0 Å². The molecule has 1 amide bonds. The third-order valence-corrected chi connectivity index (χ3v) is 4.01. The molecule has 148 valence electrons. The Labute approximate surface area is 168 Å². The van der Waals surface area contributed by atoms with Gasteiger partial charge in [-0.15, -0.1) is 0 Å². The van der Waals surface area contributed by atoms with Gasteiger partial charge in [0.25, 0.3) is 5.91 Å². The van der Waals surface area contributed by atoms with Gasteiger partial charge in [-0.1, -0.05) is 0 Å². The van der Waals surface area contributed by atoms with Crippen molar-refractivity contribution in [1.82, 2.24) is 4.98 Å². The molecule has 0 bridgehead atoms. The number of nitrogens with one attached hydrogen (secondary N) is 2. The summed E-state index contributed by atoms with van der Waals surface area (Å²) in [5.41, 5.74) is 2.85. The van der Waals surface area contributed by atoms with Crippen LogP contribution in [0.4, 0.5) is 17.1 Å². The number of amides is 1. The highest BCUT2D eigenvalue weighted by molar-refractivity contribution is 6.03. The molecule has 0 aliphatic carbocycles. The molecule has 1 heterocycles. The highest BCUT2D eigenvalue weighted by Crippen LogP contribution is 2.19. The number of pyridine rings is 1. The summed E-state index contributed by atoms with van der Waals surface area (Å²) in [6.07, 6.45) is 1.55. The molecule has 2 N–H and O–H groups in total. The van der Waals surface area contributed by atoms with Crippen molar-refractivity contribution < 1.29 is 19.1 Å². The number of carbonyl (C=O) groups excluding carboxylic acids is 2. The van der Waals surface area contributed by atoms with Crippen molar-refractivity contribution in [2.75, 3.05) is 24.4 Å². The van der Waals surface area contributed by atoms with E-state index in [1.54, 1.807) is 66.9 Å². The number of rotatable bonds is 7.